The van der Waals surface area contributed by atoms with Crippen LogP contribution in [-0.4, -0.2) is 53.1 Å². The van der Waals surface area contributed by atoms with Crippen LogP contribution in [0.25, 0.3) is 0 Å². The third kappa shape index (κ3) is 11.7. The number of ether oxygens (including phenoxy) is 2. The molecule has 0 saturated carbocycles. The van der Waals surface area contributed by atoms with Gasteiger partial charge in [-0.1, -0.05) is 0 Å². The van der Waals surface area contributed by atoms with Gasteiger partial charge in [0.05, 0.1) is 12.7 Å². The summed E-state index contributed by atoms with van der Waals surface area (Å²) < 4.78 is 25.2. The minimum Gasteiger partial charge on any atom is -0.455 e. The number of unbranched alkanes of at least 4 members (excludes halogenated alkanes) is 1. The molecule has 0 heterocycles. The highest BCUT2D eigenvalue weighted by atomic mass is 28.4. The van der Waals surface area contributed by atoms with Crippen molar-refractivity contribution in [2.24, 2.45) is 0 Å². The van der Waals surface area contributed by atoms with Crippen LogP contribution in [0.1, 0.15) is 40.0 Å². The van der Waals surface area contributed by atoms with Crippen LogP contribution in [0.3, 0.4) is 0 Å². The van der Waals surface area contributed by atoms with Crippen molar-refractivity contribution < 1.29 is 37.1 Å². The van der Waals surface area contributed by atoms with Crippen LogP contribution in [0.2, 0.25) is 6.55 Å². The molecule has 0 radical (unpaired) electrons. The second kappa shape index (κ2) is 11.1. The van der Waals surface area contributed by atoms with E-state index in [4.69, 9.17) is 22.8 Å². The summed E-state index contributed by atoms with van der Waals surface area (Å²) >= 11 is 0. The fourth-order valence-corrected chi connectivity index (χ4v) is 3.32. The molecule has 0 fully saturated rings. The first-order valence-corrected chi connectivity index (χ1v) is 9.62. The van der Waals surface area contributed by atoms with Gasteiger partial charge in [-0.05, 0) is 19.8 Å². The lowest BCUT2D eigenvalue weighted by Gasteiger charge is -2.23. The Morgan fingerprint density at radius 2 is 1.57 bits per heavy atom. The Morgan fingerprint density at radius 1 is 1.00 bits per heavy atom. The predicted molar refractivity (Wildman–Crippen MR) is 82.4 cm³/mol. The zero-order valence-corrected chi connectivity index (χ0v) is 15.4. The van der Waals surface area contributed by atoms with E-state index < -0.39 is 26.7 Å². The molecule has 0 aromatic carbocycles. The van der Waals surface area contributed by atoms with Crippen molar-refractivity contribution in [3.05, 3.63) is 0 Å². The van der Waals surface area contributed by atoms with Gasteiger partial charge < -0.3 is 22.8 Å². The molecule has 0 aromatic heterocycles. The van der Waals surface area contributed by atoms with Crippen LogP contribution >= 0.6 is 0 Å². The lowest BCUT2D eigenvalue weighted by Crippen LogP contribution is -2.46. The summed E-state index contributed by atoms with van der Waals surface area (Å²) in [6.07, 6.45) is 1.36. The molecule has 0 rings (SSSR count). The topological polar surface area (TPSA) is 97.4 Å². The quantitative estimate of drug-likeness (QED) is 0.408. The SMILES string of the molecule is COC(C)COCCCCC(=O)O[Si](C)(OC(C)=O)OC(C)=O. The minimum absolute atomic E-state index is 0.0270. The maximum atomic E-state index is 11.8. The Bertz CT molecular complexity index is 382. The van der Waals surface area contributed by atoms with E-state index in [-0.39, 0.29) is 12.5 Å². The normalized spacial score (nSPS) is 12.4. The van der Waals surface area contributed by atoms with Crippen molar-refractivity contribution in [3.63, 3.8) is 0 Å². The van der Waals surface area contributed by atoms with Crippen molar-refractivity contribution in [1.82, 2.24) is 0 Å². The summed E-state index contributed by atoms with van der Waals surface area (Å²) in [4.78, 5) is 33.9. The highest BCUT2D eigenvalue weighted by Crippen LogP contribution is 2.12. The first-order valence-electron chi connectivity index (χ1n) is 7.40. The van der Waals surface area contributed by atoms with E-state index in [9.17, 15) is 14.4 Å². The lowest BCUT2D eigenvalue weighted by atomic mass is 10.2. The second-order valence-electron chi connectivity index (χ2n) is 5.10. The molecule has 0 N–H and O–H groups in total. The van der Waals surface area contributed by atoms with Gasteiger partial charge in [-0.15, -0.1) is 0 Å². The van der Waals surface area contributed by atoms with Crippen molar-refractivity contribution in [2.45, 2.75) is 52.7 Å². The molecular formula is C14H26O8Si. The van der Waals surface area contributed by atoms with Crippen LogP contribution < -0.4 is 0 Å². The van der Waals surface area contributed by atoms with Crippen molar-refractivity contribution >= 4 is 26.7 Å². The molecule has 0 spiro atoms. The van der Waals surface area contributed by atoms with Gasteiger partial charge in [0.2, 0.25) is 0 Å². The van der Waals surface area contributed by atoms with Crippen molar-refractivity contribution in [3.8, 4) is 0 Å². The summed E-state index contributed by atoms with van der Waals surface area (Å²) in [5.41, 5.74) is 0. The average molecular weight is 350 g/mol. The number of carbonyl (C=O) groups is 3. The Kier molecular flexibility index (Phi) is 10.4. The average Bonchev–Trinajstić information content (AvgIpc) is 2.39. The van der Waals surface area contributed by atoms with Crippen LogP contribution in [0.5, 0.6) is 0 Å². The molecule has 8 nitrogen and oxygen atoms in total. The van der Waals surface area contributed by atoms with E-state index >= 15 is 0 Å². The van der Waals surface area contributed by atoms with E-state index in [0.717, 1.165) is 13.8 Å². The van der Waals surface area contributed by atoms with Crippen LogP contribution in [-0.2, 0) is 37.1 Å². The second-order valence-corrected chi connectivity index (χ2v) is 7.44. The van der Waals surface area contributed by atoms with Gasteiger partial charge in [0.25, 0.3) is 17.9 Å². The molecule has 134 valence electrons. The zero-order chi connectivity index (χ0) is 17.9. The maximum absolute atomic E-state index is 11.8. The standard InChI is InChI=1S/C14H26O8Si/c1-11(18-4)10-19-9-7-6-8-14(17)22-23(5,20-12(2)15)21-13(3)16/h11H,6-10H2,1-5H3. The highest BCUT2D eigenvalue weighted by molar-refractivity contribution is 6.64. The smallest absolute Gasteiger partial charge is 0.455 e. The molecule has 1 unspecified atom stereocenters. The molecule has 0 bridgehead atoms. The van der Waals surface area contributed by atoms with Crippen molar-refractivity contribution in [2.75, 3.05) is 20.3 Å². The molecule has 1 atom stereocenters. The molecule has 23 heavy (non-hydrogen) atoms. The van der Waals surface area contributed by atoms with Gasteiger partial charge in [0.15, 0.2) is 0 Å². The number of hydrogen-bond acceptors (Lipinski definition) is 8. The van der Waals surface area contributed by atoms with Gasteiger partial charge in [-0.2, -0.15) is 0 Å². The Morgan fingerprint density at radius 3 is 2.04 bits per heavy atom. The van der Waals surface area contributed by atoms with Crippen LogP contribution in [0.15, 0.2) is 0 Å². The molecular weight excluding hydrogens is 324 g/mol. The monoisotopic (exact) mass is 350 g/mol. The van der Waals surface area contributed by atoms with Gasteiger partial charge in [-0.3, -0.25) is 14.4 Å². The number of hydrogen-bond donors (Lipinski definition) is 0. The molecule has 0 saturated heterocycles. The third-order valence-corrected chi connectivity index (χ3v) is 4.55. The van der Waals surface area contributed by atoms with Crippen molar-refractivity contribution in [1.29, 1.82) is 0 Å². The minimum atomic E-state index is -3.63. The van der Waals surface area contributed by atoms with Gasteiger partial charge in [0.1, 0.15) is 0 Å². The summed E-state index contributed by atoms with van der Waals surface area (Å²) in [5, 5.41) is 0. The largest absolute Gasteiger partial charge is 0.701 e. The molecule has 0 amide bonds. The Labute approximate surface area is 137 Å². The van der Waals surface area contributed by atoms with Gasteiger partial charge >= 0.3 is 8.80 Å². The Hall–Kier alpha value is -1.45. The van der Waals surface area contributed by atoms with Gasteiger partial charge in [-0.25, -0.2) is 0 Å². The first kappa shape index (κ1) is 21.5. The fraction of sp³-hybridized carbons (Fsp3) is 0.786. The summed E-state index contributed by atoms with van der Waals surface area (Å²) in [6.45, 7) is 6.52. The Balaban J connectivity index is 4.08. The summed E-state index contributed by atoms with van der Waals surface area (Å²) in [7, 11) is -2.02. The summed E-state index contributed by atoms with van der Waals surface area (Å²) in [6, 6.07) is 0. The van der Waals surface area contributed by atoms with E-state index in [1.165, 1.54) is 6.55 Å². The molecule has 0 aliphatic rings. The lowest BCUT2D eigenvalue weighted by molar-refractivity contribution is -0.148. The molecule has 9 heteroatoms. The van der Waals surface area contributed by atoms with Gasteiger partial charge in [0, 0.05) is 40.5 Å². The molecule has 0 aliphatic carbocycles. The third-order valence-electron chi connectivity index (χ3n) is 2.63. The number of carbonyl (C=O) groups excluding carboxylic acids is 3. The number of methoxy groups -OCH3 is 1. The predicted octanol–water partition coefficient (Wildman–Crippen LogP) is 1.45. The summed E-state index contributed by atoms with van der Waals surface area (Å²) in [5.74, 6) is -1.92. The van der Waals surface area contributed by atoms with E-state index in [1.54, 1.807) is 7.11 Å². The number of rotatable bonds is 11. The van der Waals surface area contributed by atoms with E-state index in [0.29, 0.717) is 26.1 Å². The molecule has 0 aromatic rings. The fourth-order valence-electron chi connectivity index (χ4n) is 1.63. The van der Waals surface area contributed by atoms with E-state index in [1.807, 2.05) is 6.92 Å². The highest BCUT2D eigenvalue weighted by Gasteiger charge is 2.46. The van der Waals surface area contributed by atoms with Crippen LogP contribution in [0.4, 0.5) is 0 Å². The first-order chi connectivity index (χ1) is 10.7. The molecule has 0 aliphatic heterocycles. The maximum Gasteiger partial charge on any atom is 0.701 e. The van der Waals surface area contributed by atoms with Crippen LogP contribution in [0, 0.1) is 0 Å². The van der Waals surface area contributed by atoms with E-state index in [2.05, 4.69) is 0 Å². The zero-order valence-electron chi connectivity index (χ0n) is 14.4.